The van der Waals surface area contributed by atoms with E-state index in [9.17, 15) is 0 Å². The molecule has 0 spiro atoms. The maximum absolute atomic E-state index is 8.79. The van der Waals surface area contributed by atoms with Gasteiger partial charge in [-0.05, 0) is 31.9 Å². The summed E-state index contributed by atoms with van der Waals surface area (Å²) in [5, 5.41) is 8.79. The second kappa shape index (κ2) is 6.12. The zero-order chi connectivity index (χ0) is 12.8. The molecule has 1 rings (SSSR count). The van der Waals surface area contributed by atoms with E-state index in [1.807, 2.05) is 31.2 Å². The molecule has 2 N–H and O–H groups in total. The molecule has 0 amide bonds. The van der Waals surface area contributed by atoms with Gasteiger partial charge in [-0.15, -0.1) is 0 Å². The number of nitriles is 1. The first-order valence-corrected chi connectivity index (χ1v) is 5.56. The van der Waals surface area contributed by atoms with Gasteiger partial charge in [-0.1, -0.05) is 12.1 Å². The monoisotopic (exact) mass is 234 g/mol. The summed E-state index contributed by atoms with van der Waals surface area (Å²) < 4.78 is 10.8. The summed E-state index contributed by atoms with van der Waals surface area (Å²) in [5.74, 6) is 1.24. The lowest BCUT2D eigenvalue weighted by Gasteiger charge is -2.17. The topological polar surface area (TPSA) is 68.3 Å². The highest BCUT2D eigenvalue weighted by Crippen LogP contribution is 2.32. The van der Waals surface area contributed by atoms with Crippen LogP contribution in [0.15, 0.2) is 18.2 Å². The van der Waals surface area contributed by atoms with Gasteiger partial charge in [-0.2, -0.15) is 5.26 Å². The molecule has 0 aliphatic rings. The van der Waals surface area contributed by atoms with E-state index in [0.29, 0.717) is 17.9 Å². The number of para-hydroxylation sites is 1. The molecule has 4 heteroatoms. The van der Waals surface area contributed by atoms with E-state index < -0.39 is 6.10 Å². The number of benzene rings is 1. The molecular weight excluding hydrogens is 216 g/mol. The number of hydrogen-bond acceptors (Lipinski definition) is 4. The molecule has 0 fully saturated rings. The third-order valence-corrected chi connectivity index (χ3v) is 2.30. The lowest BCUT2D eigenvalue weighted by Crippen LogP contribution is -2.19. The summed E-state index contributed by atoms with van der Waals surface area (Å²) in [6.07, 6.45) is 0.170. The molecule has 4 nitrogen and oxygen atoms in total. The van der Waals surface area contributed by atoms with Crippen LogP contribution in [0, 0.1) is 11.3 Å². The fraction of sp³-hybridized carbons (Fsp3) is 0.462. The fourth-order valence-corrected chi connectivity index (χ4v) is 1.57. The van der Waals surface area contributed by atoms with Crippen molar-refractivity contribution >= 4 is 0 Å². The Hall–Kier alpha value is -1.73. The average Bonchev–Trinajstić information content (AvgIpc) is 2.30. The molecular formula is C13H18N2O2. The highest BCUT2D eigenvalue weighted by molar-refractivity contribution is 5.47. The smallest absolute Gasteiger partial charge is 0.181 e. The maximum atomic E-state index is 8.79. The number of nitrogens with two attached hydrogens (primary N) is 1. The number of rotatable bonds is 5. The first-order valence-electron chi connectivity index (χ1n) is 5.56. The zero-order valence-corrected chi connectivity index (χ0v) is 10.4. The Bertz CT molecular complexity index is 410. The van der Waals surface area contributed by atoms with Crippen molar-refractivity contribution in [3.05, 3.63) is 23.8 Å². The quantitative estimate of drug-likeness (QED) is 0.844. The second-order valence-electron chi connectivity index (χ2n) is 4.02. The van der Waals surface area contributed by atoms with Gasteiger partial charge in [0.15, 0.2) is 17.6 Å². The molecule has 2 unspecified atom stereocenters. The largest absolute Gasteiger partial charge is 0.493 e. The lowest BCUT2D eigenvalue weighted by molar-refractivity contribution is 0.257. The van der Waals surface area contributed by atoms with Gasteiger partial charge in [0.05, 0.1) is 7.11 Å². The van der Waals surface area contributed by atoms with Crippen LogP contribution < -0.4 is 15.2 Å². The van der Waals surface area contributed by atoms with Gasteiger partial charge < -0.3 is 15.2 Å². The average molecular weight is 234 g/mol. The molecule has 0 aromatic heterocycles. The predicted molar refractivity (Wildman–Crippen MR) is 66.1 cm³/mol. The molecule has 1 aromatic carbocycles. The summed E-state index contributed by atoms with van der Waals surface area (Å²) in [5.41, 5.74) is 6.75. The Morgan fingerprint density at radius 2 is 2.12 bits per heavy atom. The first kappa shape index (κ1) is 13.3. The van der Waals surface area contributed by atoms with Gasteiger partial charge in [0, 0.05) is 6.04 Å². The van der Waals surface area contributed by atoms with Crippen molar-refractivity contribution in [2.75, 3.05) is 7.11 Å². The molecule has 92 valence electrons. The summed E-state index contributed by atoms with van der Waals surface area (Å²) in [6, 6.07) is 7.70. The van der Waals surface area contributed by atoms with E-state index in [0.717, 1.165) is 5.56 Å². The minimum Gasteiger partial charge on any atom is -0.493 e. The standard InChI is InChI=1S/C13H18N2O2/c1-9(15)7-11-5-4-6-12(16-3)13(11)17-10(2)8-14/h4-6,9-10H,7,15H2,1-3H3. The molecule has 0 saturated heterocycles. The molecule has 0 saturated carbocycles. The van der Waals surface area contributed by atoms with Gasteiger partial charge in [-0.3, -0.25) is 0 Å². The van der Waals surface area contributed by atoms with Crippen LogP contribution in [0.4, 0.5) is 0 Å². The van der Waals surface area contributed by atoms with Crippen molar-refractivity contribution < 1.29 is 9.47 Å². The number of nitrogens with zero attached hydrogens (tertiary/aromatic N) is 1. The Morgan fingerprint density at radius 3 is 2.65 bits per heavy atom. The van der Waals surface area contributed by atoms with Crippen LogP contribution in [0.5, 0.6) is 11.5 Å². The molecule has 0 bridgehead atoms. The van der Waals surface area contributed by atoms with E-state index in [1.54, 1.807) is 14.0 Å². The molecule has 1 aromatic rings. The normalized spacial score (nSPS) is 13.6. The van der Waals surface area contributed by atoms with Gasteiger partial charge in [0.1, 0.15) is 6.07 Å². The van der Waals surface area contributed by atoms with Crippen molar-refractivity contribution in [3.63, 3.8) is 0 Å². The SMILES string of the molecule is COc1cccc(CC(C)N)c1OC(C)C#N. The zero-order valence-electron chi connectivity index (χ0n) is 10.4. The number of hydrogen-bond donors (Lipinski definition) is 1. The molecule has 0 heterocycles. The van der Waals surface area contributed by atoms with Gasteiger partial charge in [0.2, 0.25) is 0 Å². The van der Waals surface area contributed by atoms with E-state index in [-0.39, 0.29) is 6.04 Å². The van der Waals surface area contributed by atoms with Crippen LogP contribution in [-0.2, 0) is 6.42 Å². The third-order valence-electron chi connectivity index (χ3n) is 2.30. The van der Waals surface area contributed by atoms with E-state index in [2.05, 4.69) is 0 Å². The number of ether oxygens (including phenoxy) is 2. The van der Waals surface area contributed by atoms with Crippen LogP contribution in [0.2, 0.25) is 0 Å². The third kappa shape index (κ3) is 3.65. The van der Waals surface area contributed by atoms with Gasteiger partial charge in [-0.25, -0.2) is 0 Å². The van der Waals surface area contributed by atoms with Crippen molar-refractivity contribution in [2.45, 2.75) is 32.4 Å². The summed E-state index contributed by atoms with van der Waals surface area (Å²) in [7, 11) is 1.58. The molecule has 17 heavy (non-hydrogen) atoms. The number of methoxy groups -OCH3 is 1. The van der Waals surface area contributed by atoms with Crippen LogP contribution in [0.1, 0.15) is 19.4 Å². The Kier molecular flexibility index (Phi) is 4.80. The Morgan fingerprint density at radius 1 is 1.41 bits per heavy atom. The maximum Gasteiger partial charge on any atom is 0.181 e. The van der Waals surface area contributed by atoms with Crippen molar-refractivity contribution in [2.24, 2.45) is 5.73 Å². The summed E-state index contributed by atoms with van der Waals surface area (Å²) in [4.78, 5) is 0. The van der Waals surface area contributed by atoms with E-state index in [1.165, 1.54) is 0 Å². The van der Waals surface area contributed by atoms with Crippen molar-refractivity contribution in [1.29, 1.82) is 5.26 Å². The van der Waals surface area contributed by atoms with Crippen LogP contribution in [0.25, 0.3) is 0 Å². The Labute approximate surface area is 102 Å². The highest BCUT2D eigenvalue weighted by atomic mass is 16.5. The minimum atomic E-state index is -0.516. The molecule has 0 aliphatic heterocycles. The Balaban J connectivity index is 3.07. The van der Waals surface area contributed by atoms with Crippen molar-refractivity contribution in [3.8, 4) is 17.6 Å². The molecule has 0 radical (unpaired) electrons. The molecule has 0 aliphatic carbocycles. The summed E-state index contributed by atoms with van der Waals surface area (Å²) in [6.45, 7) is 3.62. The first-order chi connectivity index (χ1) is 8.08. The second-order valence-corrected chi connectivity index (χ2v) is 4.02. The minimum absolute atomic E-state index is 0.0295. The van der Waals surface area contributed by atoms with Gasteiger partial charge in [0.25, 0.3) is 0 Å². The highest BCUT2D eigenvalue weighted by Gasteiger charge is 2.14. The van der Waals surface area contributed by atoms with Crippen LogP contribution in [0.3, 0.4) is 0 Å². The van der Waals surface area contributed by atoms with Crippen LogP contribution in [-0.4, -0.2) is 19.3 Å². The van der Waals surface area contributed by atoms with Gasteiger partial charge >= 0.3 is 0 Å². The molecule has 2 atom stereocenters. The lowest BCUT2D eigenvalue weighted by atomic mass is 10.1. The van der Waals surface area contributed by atoms with Crippen LogP contribution >= 0.6 is 0 Å². The van der Waals surface area contributed by atoms with Crippen molar-refractivity contribution in [1.82, 2.24) is 0 Å². The van der Waals surface area contributed by atoms with E-state index in [4.69, 9.17) is 20.5 Å². The van der Waals surface area contributed by atoms with E-state index >= 15 is 0 Å². The summed E-state index contributed by atoms with van der Waals surface area (Å²) >= 11 is 0. The fourth-order valence-electron chi connectivity index (χ4n) is 1.57. The predicted octanol–water partition coefficient (Wildman–Crippen LogP) is 1.88.